The number of rotatable bonds is 18. The number of aliphatic carboxylic acids is 1. The molecule has 4 atom stereocenters. The van der Waals surface area contributed by atoms with Gasteiger partial charge in [0.25, 0.3) is 0 Å². The number of nitrogens with one attached hydrogen (secondary N) is 3. The van der Waals surface area contributed by atoms with Gasteiger partial charge in [-0.1, -0.05) is 67.1 Å². The molecule has 4 amide bonds. The van der Waals surface area contributed by atoms with Crippen molar-refractivity contribution in [1.29, 1.82) is 0 Å². The van der Waals surface area contributed by atoms with E-state index in [4.69, 9.17) is 17.2 Å². The summed E-state index contributed by atoms with van der Waals surface area (Å²) in [6.07, 6.45) is 1.42. The molecule has 0 radical (unpaired) electrons. The lowest BCUT2D eigenvalue weighted by atomic mass is 10.0. The maximum atomic E-state index is 13.4. The first-order chi connectivity index (χ1) is 19.6. The van der Waals surface area contributed by atoms with E-state index >= 15 is 0 Å². The molecule has 0 aliphatic rings. The summed E-state index contributed by atoms with van der Waals surface area (Å²) in [6, 6.07) is 13.1. The van der Waals surface area contributed by atoms with Crippen molar-refractivity contribution in [3.63, 3.8) is 0 Å². The Kier molecular flexibility index (Phi) is 14.0. The van der Waals surface area contributed by atoms with E-state index in [1.54, 1.807) is 54.6 Å². The summed E-state index contributed by atoms with van der Waals surface area (Å²) in [7, 11) is 0. The van der Waals surface area contributed by atoms with Crippen LogP contribution in [-0.2, 0) is 36.8 Å². The highest BCUT2D eigenvalue weighted by atomic mass is 16.4. The summed E-state index contributed by atoms with van der Waals surface area (Å²) in [5.74, 6) is -4.00. The summed E-state index contributed by atoms with van der Waals surface area (Å²) in [5, 5.41) is 17.4. The molecule has 0 saturated carbocycles. The molecule has 0 unspecified atom stereocenters. The highest BCUT2D eigenvalue weighted by molar-refractivity contribution is 5.94. The van der Waals surface area contributed by atoms with Gasteiger partial charge in [0, 0.05) is 19.3 Å². The Morgan fingerprint density at radius 2 is 1.17 bits per heavy atom. The number of nitrogens with two attached hydrogens (primary N) is 3. The molecule has 0 aliphatic carbocycles. The third kappa shape index (κ3) is 12.2. The number of carbonyl (C=O) groups excluding carboxylic acids is 4. The number of unbranched alkanes of at least 4 members (excludes halogenated alkanes) is 1. The maximum absolute atomic E-state index is 13.4. The number of hydrogen-bond donors (Lipinski definition) is 7. The van der Waals surface area contributed by atoms with Crippen LogP contribution in [0.1, 0.15) is 43.2 Å². The van der Waals surface area contributed by atoms with Gasteiger partial charge in [0.15, 0.2) is 0 Å². The van der Waals surface area contributed by atoms with E-state index in [1.807, 2.05) is 6.07 Å². The molecule has 2 aromatic carbocycles. The molecule has 2 rings (SSSR count). The largest absolute Gasteiger partial charge is 0.480 e. The summed E-state index contributed by atoms with van der Waals surface area (Å²) in [5.41, 5.74) is 18.2. The van der Waals surface area contributed by atoms with Gasteiger partial charge in [0.1, 0.15) is 18.1 Å². The molecule has 12 heteroatoms. The zero-order valence-corrected chi connectivity index (χ0v) is 23.0. The monoisotopic (exact) mass is 568 g/mol. The molecule has 2 aromatic rings. The number of carboxylic acid groups (broad SMARTS) is 1. The lowest BCUT2D eigenvalue weighted by molar-refractivity contribution is -0.142. The molecular formula is C29H40N6O6. The molecule has 0 fully saturated rings. The molecular weight excluding hydrogens is 528 g/mol. The molecule has 0 spiro atoms. The van der Waals surface area contributed by atoms with Crippen LogP contribution in [0.15, 0.2) is 60.7 Å². The third-order valence-corrected chi connectivity index (χ3v) is 6.43. The highest BCUT2D eigenvalue weighted by Gasteiger charge is 2.30. The fraction of sp³-hybridized carbons (Fsp3) is 0.414. The van der Waals surface area contributed by atoms with Crippen molar-refractivity contribution in [3.05, 3.63) is 71.8 Å². The van der Waals surface area contributed by atoms with Crippen LogP contribution in [0.4, 0.5) is 0 Å². The minimum atomic E-state index is -1.29. The molecule has 0 heterocycles. The van der Waals surface area contributed by atoms with Gasteiger partial charge in [-0.3, -0.25) is 19.2 Å². The Morgan fingerprint density at radius 3 is 1.68 bits per heavy atom. The minimum absolute atomic E-state index is 0.00708. The van der Waals surface area contributed by atoms with Crippen molar-refractivity contribution in [2.75, 3.05) is 6.54 Å². The van der Waals surface area contributed by atoms with Gasteiger partial charge in [0.2, 0.25) is 23.6 Å². The van der Waals surface area contributed by atoms with Crippen LogP contribution in [0.2, 0.25) is 0 Å². The second-order valence-electron chi connectivity index (χ2n) is 9.80. The van der Waals surface area contributed by atoms with E-state index < -0.39 is 53.8 Å². The first-order valence-corrected chi connectivity index (χ1v) is 13.6. The molecule has 0 aliphatic heterocycles. The van der Waals surface area contributed by atoms with Gasteiger partial charge in [-0.05, 0) is 36.9 Å². The van der Waals surface area contributed by atoms with E-state index in [0.717, 1.165) is 5.56 Å². The highest BCUT2D eigenvalue weighted by Crippen LogP contribution is 2.09. The fourth-order valence-electron chi connectivity index (χ4n) is 4.13. The Balaban J connectivity index is 2.21. The zero-order valence-electron chi connectivity index (χ0n) is 23.0. The zero-order chi connectivity index (χ0) is 30.2. The minimum Gasteiger partial charge on any atom is -0.480 e. The molecule has 0 saturated heterocycles. The van der Waals surface area contributed by atoms with Crippen molar-refractivity contribution < 1.29 is 29.1 Å². The van der Waals surface area contributed by atoms with E-state index in [0.29, 0.717) is 31.4 Å². The SMILES string of the molecule is NCCCC[C@@H](N)C(=O)N[C@H](Cc1ccccc1)C(=O)N[C@H](CCC(N)=O)C(=O)N[C@H](Cc1ccccc1)C(=O)O. The fourth-order valence-corrected chi connectivity index (χ4v) is 4.13. The van der Waals surface area contributed by atoms with Crippen molar-refractivity contribution in [1.82, 2.24) is 16.0 Å². The lowest BCUT2D eigenvalue weighted by Gasteiger charge is -2.25. The topological polar surface area (TPSA) is 220 Å². The lowest BCUT2D eigenvalue weighted by Crippen LogP contribution is -2.57. The molecule has 0 bridgehead atoms. The Hall–Kier alpha value is -4.29. The number of hydrogen-bond acceptors (Lipinski definition) is 7. The second kappa shape index (κ2) is 17.4. The summed E-state index contributed by atoms with van der Waals surface area (Å²) in [4.78, 5) is 62.8. The molecule has 222 valence electrons. The average molecular weight is 569 g/mol. The molecule has 12 nitrogen and oxygen atoms in total. The normalized spacial score (nSPS) is 13.7. The van der Waals surface area contributed by atoms with E-state index in [2.05, 4.69) is 16.0 Å². The predicted molar refractivity (Wildman–Crippen MR) is 153 cm³/mol. The van der Waals surface area contributed by atoms with Gasteiger partial charge in [0.05, 0.1) is 6.04 Å². The number of carbonyl (C=O) groups is 5. The number of benzene rings is 2. The number of primary amides is 1. The van der Waals surface area contributed by atoms with Crippen molar-refractivity contribution in [2.24, 2.45) is 17.2 Å². The van der Waals surface area contributed by atoms with Gasteiger partial charge in [-0.2, -0.15) is 0 Å². The van der Waals surface area contributed by atoms with Crippen molar-refractivity contribution in [2.45, 2.75) is 69.1 Å². The smallest absolute Gasteiger partial charge is 0.326 e. The van der Waals surface area contributed by atoms with E-state index in [1.165, 1.54) is 0 Å². The summed E-state index contributed by atoms with van der Waals surface area (Å²) < 4.78 is 0. The van der Waals surface area contributed by atoms with Gasteiger partial charge < -0.3 is 38.3 Å². The van der Waals surface area contributed by atoms with Crippen LogP contribution >= 0.6 is 0 Å². The van der Waals surface area contributed by atoms with Gasteiger partial charge in [-0.15, -0.1) is 0 Å². The van der Waals surface area contributed by atoms with E-state index in [9.17, 15) is 29.1 Å². The number of carboxylic acids is 1. The van der Waals surface area contributed by atoms with Crippen LogP contribution in [0, 0.1) is 0 Å². The van der Waals surface area contributed by atoms with Crippen LogP contribution in [-0.4, -0.2) is 65.4 Å². The van der Waals surface area contributed by atoms with E-state index in [-0.39, 0.29) is 25.7 Å². The molecule has 0 aromatic heterocycles. The Bertz CT molecular complexity index is 1150. The summed E-state index contributed by atoms with van der Waals surface area (Å²) in [6.45, 7) is 0.468. The maximum Gasteiger partial charge on any atom is 0.326 e. The molecule has 41 heavy (non-hydrogen) atoms. The first kappa shape index (κ1) is 32.9. The number of amides is 4. The summed E-state index contributed by atoms with van der Waals surface area (Å²) >= 11 is 0. The van der Waals surface area contributed by atoms with Crippen LogP contribution < -0.4 is 33.2 Å². The standard InChI is InChI=1S/C29H40N6O6/c30-16-8-7-13-21(31)26(37)34-23(17-19-9-3-1-4-10-19)28(39)33-22(14-15-25(32)36)27(38)35-24(29(40)41)18-20-11-5-2-6-12-20/h1-6,9-12,21-24H,7-8,13-18,30-31H2,(H2,32,36)(H,33,39)(H,34,37)(H,35,38)(H,40,41)/t21-,22-,23-,24-/m1/s1. The van der Waals surface area contributed by atoms with Crippen molar-refractivity contribution in [3.8, 4) is 0 Å². The van der Waals surface area contributed by atoms with Crippen LogP contribution in [0.25, 0.3) is 0 Å². The average Bonchev–Trinajstić information content (AvgIpc) is 2.95. The first-order valence-electron chi connectivity index (χ1n) is 13.6. The predicted octanol–water partition coefficient (Wildman–Crippen LogP) is -0.267. The Labute approximate surface area is 239 Å². The van der Waals surface area contributed by atoms with Gasteiger partial charge >= 0.3 is 5.97 Å². The quantitative estimate of drug-likeness (QED) is 0.118. The van der Waals surface area contributed by atoms with Crippen LogP contribution in [0.5, 0.6) is 0 Å². The Morgan fingerprint density at radius 1 is 0.683 bits per heavy atom. The third-order valence-electron chi connectivity index (χ3n) is 6.43. The second-order valence-corrected chi connectivity index (χ2v) is 9.80. The van der Waals surface area contributed by atoms with Gasteiger partial charge in [-0.25, -0.2) is 4.79 Å². The van der Waals surface area contributed by atoms with Crippen LogP contribution in [0.3, 0.4) is 0 Å². The molecule has 10 N–H and O–H groups in total. The van der Waals surface area contributed by atoms with Crippen molar-refractivity contribution >= 4 is 29.6 Å².